The molecule has 27 heavy (non-hydrogen) atoms. The van der Waals surface area contributed by atoms with Crippen molar-refractivity contribution >= 4 is 39.0 Å². The number of carbonyl (C=O) groups is 1. The summed E-state index contributed by atoms with van der Waals surface area (Å²) in [7, 11) is 0. The molecule has 1 aliphatic carbocycles. The second-order valence-corrected chi connectivity index (χ2v) is 8.40. The zero-order valence-corrected chi connectivity index (χ0v) is 15.8. The van der Waals surface area contributed by atoms with Gasteiger partial charge in [0, 0.05) is 4.88 Å². The van der Waals surface area contributed by atoms with Gasteiger partial charge in [-0.2, -0.15) is 0 Å². The number of aromatic nitrogens is 2. The van der Waals surface area contributed by atoms with E-state index in [1.807, 2.05) is 24.3 Å². The lowest BCUT2D eigenvalue weighted by Gasteiger charge is -2.34. The molecule has 2 N–H and O–H groups in total. The number of fused-ring (bicyclic) bond motifs is 4. The number of hydrogen-bond acceptors (Lipinski definition) is 6. The van der Waals surface area contributed by atoms with Gasteiger partial charge in [-0.3, -0.25) is 4.79 Å². The standard InChI is InChI=1S/C20H20N4O2S/c1-11-6-7-12-16(8-11)27-20-17(12)19(22-10-23-20)24-9-15(18(21)25)26-14-5-3-2-4-13(14)24/h2-5,10-11,15H,6-9H2,1H3,(H2,21,25)/t11-,15+/m1/s1. The fourth-order valence-corrected chi connectivity index (χ4v) is 5.39. The Balaban J connectivity index is 1.70. The van der Waals surface area contributed by atoms with Crippen LogP contribution in [0.3, 0.4) is 0 Å². The number of hydrogen-bond donors (Lipinski definition) is 1. The maximum Gasteiger partial charge on any atom is 0.260 e. The van der Waals surface area contributed by atoms with E-state index in [1.54, 1.807) is 17.7 Å². The van der Waals surface area contributed by atoms with E-state index < -0.39 is 12.0 Å². The number of amides is 1. The van der Waals surface area contributed by atoms with Crippen molar-refractivity contribution in [2.24, 2.45) is 11.7 Å². The minimum atomic E-state index is -0.709. The van der Waals surface area contributed by atoms with Crippen molar-refractivity contribution in [3.8, 4) is 5.75 Å². The molecule has 0 saturated carbocycles. The molecule has 1 amide bonds. The first kappa shape index (κ1) is 16.5. The van der Waals surface area contributed by atoms with Crippen LogP contribution in [0.4, 0.5) is 11.5 Å². The van der Waals surface area contributed by atoms with E-state index in [-0.39, 0.29) is 0 Å². The molecule has 1 aromatic carbocycles. The van der Waals surface area contributed by atoms with Crippen molar-refractivity contribution in [1.29, 1.82) is 0 Å². The van der Waals surface area contributed by atoms with Crippen LogP contribution in [-0.2, 0) is 17.6 Å². The van der Waals surface area contributed by atoms with Crippen molar-refractivity contribution in [3.05, 3.63) is 41.0 Å². The summed E-state index contributed by atoms with van der Waals surface area (Å²) in [5.74, 6) is 1.72. The number of thiophene rings is 1. The Hall–Kier alpha value is -2.67. The summed E-state index contributed by atoms with van der Waals surface area (Å²) >= 11 is 1.77. The van der Waals surface area contributed by atoms with Gasteiger partial charge in [0.05, 0.1) is 17.6 Å². The van der Waals surface area contributed by atoms with E-state index in [2.05, 4.69) is 21.8 Å². The third-order valence-corrected chi connectivity index (χ3v) is 6.58. The van der Waals surface area contributed by atoms with Gasteiger partial charge in [-0.15, -0.1) is 11.3 Å². The molecule has 1 aliphatic heterocycles. The van der Waals surface area contributed by atoms with Gasteiger partial charge in [-0.1, -0.05) is 19.1 Å². The van der Waals surface area contributed by atoms with E-state index in [4.69, 9.17) is 10.5 Å². The Morgan fingerprint density at radius 3 is 3.04 bits per heavy atom. The number of nitrogens with two attached hydrogens (primary N) is 1. The van der Waals surface area contributed by atoms with Crippen molar-refractivity contribution < 1.29 is 9.53 Å². The summed E-state index contributed by atoms with van der Waals surface area (Å²) in [6.45, 7) is 2.65. The summed E-state index contributed by atoms with van der Waals surface area (Å²) in [4.78, 5) is 25.5. The molecule has 0 unspecified atom stereocenters. The highest BCUT2D eigenvalue weighted by molar-refractivity contribution is 7.19. The van der Waals surface area contributed by atoms with Crippen molar-refractivity contribution in [3.63, 3.8) is 0 Å². The third-order valence-electron chi connectivity index (χ3n) is 5.42. The molecule has 0 radical (unpaired) electrons. The lowest BCUT2D eigenvalue weighted by atomic mass is 9.89. The first-order chi connectivity index (χ1) is 13.1. The normalized spacial score (nSPS) is 21.4. The van der Waals surface area contributed by atoms with Crippen LogP contribution in [0.2, 0.25) is 0 Å². The van der Waals surface area contributed by atoms with Gasteiger partial charge >= 0.3 is 0 Å². The molecule has 0 fully saturated rings. The first-order valence-electron chi connectivity index (χ1n) is 9.19. The smallest absolute Gasteiger partial charge is 0.260 e. The highest BCUT2D eigenvalue weighted by Crippen LogP contribution is 2.44. The highest BCUT2D eigenvalue weighted by atomic mass is 32.1. The average Bonchev–Trinajstić information content (AvgIpc) is 3.04. The molecule has 138 valence electrons. The van der Waals surface area contributed by atoms with E-state index in [1.165, 1.54) is 16.9 Å². The minimum Gasteiger partial charge on any atom is -0.477 e. The zero-order chi connectivity index (χ0) is 18.5. The molecule has 7 heteroatoms. The van der Waals surface area contributed by atoms with Gasteiger partial charge in [0.1, 0.15) is 22.7 Å². The van der Waals surface area contributed by atoms with Crippen LogP contribution in [-0.4, -0.2) is 28.5 Å². The van der Waals surface area contributed by atoms with Gasteiger partial charge in [0.15, 0.2) is 6.10 Å². The topological polar surface area (TPSA) is 81.3 Å². The summed E-state index contributed by atoms with van der Waals surface area (Å²) < 4.78 is 5.81. The molecule has 5 rings (SSSR count). The number of ether oxygens (including phenoxy) is 1. The molecule has 3 heterocycles. The Morgan fingerprint density at radius 2 is 2.19 bits per heavy atom. The molecule has 0 saturated heterocycles. The fourth-order valence-electron chi connectivity index (χ4n) is 4.05. The van der Waals surface area contributed by atoms with E-state index in [0.717, 1.165) is 34.6 Å². The molecular formula is C20H20N4O2S. The van der Waals surface area contributed by atoms with Crippen molar-refractivity contribution in [2.45, 2.75) is 32.3 Å². The Bertz CT molecular complexity index is 1050. The van der Waals surface area contributed by atoms with Gasteiger partial charge in [-0.05, 0) is 42.9 Å². The van der Waals surface area contributed by atoms with Crippen molar-refractivity contribution in [2.75, 3.05) is 11.4 Å². The number of carbonyl (C=O) groups excluding carboxylic acids is 1. The number of aryl methyl sites for hydroxylation is 1. The number of para-hydroxylation sites is 2. The number of benzene rings is 1. The number of primary amides is 1. The number of rotatable bonds is 2. The van der Waals surface area contributed by atoms with Crippen molar-refractivity contribution in [1.82, 2.24) is 9.97 Å². The van der Waals surface area contributed by atoms with Gasteiger partial charge in [-0.25, -0.2) is 9.97 Å². The zero-order valence-electron chi connectivity index (χ0n) is 15.0. The SMILES string of the molecule is C[C@@H]1CCc2c(sc3ncnc(N4C[C@@H](C(N)=O)Oc5ccccc54)c23)C1. The van der Waals surface area contributed by atoms with Crippen LogP contribution in [0.5, 0.6) is 5.75 Å². The van der Waals surface area contributed by atoms with Gasteiger partial charge in [0.25, 0.3) is 5.91 Å². The largest absolute Gasteiger partial charge is 0.477 e. The summed E-state index contributed by atoms with van der Waals surface area (Å²) in [6.07, 6.45) is 4.22. The predicted molar refractivity (Wildman–Crippen MR) is 106 cm³/mol. The molecule has 6 nitrogen and oxygen atoms in total. The van der Waals surface area contributed by atoms with Crippen LogP contribution in [0.25, 0.3) is 10.2 Å². The lowest BCUT2D eigenvalue weighted by molar-refractivity contribution is -0.124. The number of anilines is 2. The Labute approximate surface area is 161 Å². The van der Waals surface area contributed by atoms with Crippen LogP contribution in [0, 0.1) is 5.92 Å². The average molecular weight is 380 g/mol. The van der Waals surface area contributed by atoms with Gasteiger partial charge < -0.3 is 15.4 Å². The maximum atomic E-state index is 11.9. The quantitative estimate of drug-likeness (QED) is 0.738. The molecular weight excluding hydrogens is 360 g/mol. The second kappa shape index (κ2) is 6.20. The predicted octanol–water partition coefficient (Wildman–Crippen LogP) is 3.20. The maximum absolute atomic E-state index is 11.9. The van der Waals surface area contributed by atoms with E-state index >= 15 is 0 Å². The lowest BCUT2D eigenvalue weighted by Crippen LogP contribution is -2.45. The van der Waals surface area contributed by atoms with Gasteiger partial charge in [0.2, 0.25) is 0 Å². The fraction of sp³-hybridized carbons (Fsp3) is 0.350. The van der Waals surface area contributed by atoms with Crippen LogP contribution < -0.4 is 15.4 Å². The third kappa shape index (κ3) is 2.65. The van der Waals surface area contributed by atoms with Crippen LogP contribution in [0.1, 0.15) is 23.8 Å². The molecule has 0 bridgehead atoms. The Morgan fingerprint density at radius 1 is 1.33 bits per heavy atom. The first-order valence-corrected chi connectivity index (χ1v) is 10.0. The molecule has 0 spiro atoms. The number of nitrogens with zero attached hydrogens (tertiary/aromatic N) is 3. The van der Waals surface area contributed by atoms with Crippen LogP contribution in [0.15, 0.2) is 30.6 Å². The Kier molecular flexibility index (Phi) is 3.79. The minimum absolute atomic E-state index is 0.347. The van der Waals surface area contributed by atoms with E-state index in [0.29, 0.717) is 18.2 Å². The monoisotopic (exact) mass is 380 g/mol. The second-order valence-electron chi connectivity index (χ2n) is 7.32. The molecule has 2 aliphatic rings. The summed E-state index contributed by atoms with van der Waals surface area (Å²) in [6, 6.07) is 7.70. The molecule has 3 aromatic rings. The summed E-state index contributed by atoms with van der Waals surface area (Å²) in [5, 5.41) is 1.12. The highest BCUT2D eigenvalue weighted by Gasteiger charge is 2.33. The van der Waals surface area contributed by atoms with Crippen LogP contribution >= 0.6 is 11.3 Å². The molecule has 2 aromatic heterocycles. The summed E-state index contributed by atoms with van der Waals surface area (Å²) in [5.41, 5.74) is 7.83. The molecule has 2 atom stereocenters. The van der Waals surface area contributed by atoms with E-state index in [9.17, 15) is 4.79 Å².